The van der Waals surface area contributed by atoms with E-state index in [2.05, 4.69) is 31.9 Å². The van der Waals surface area contributed by atoms with Crippen LogP contribution in [-0.2, 0) is 0 Å². The van der Waals surface area contributed by atoms with Crippen LogP contribution in [0.5, 0.6) is 0 Å². The van der Waals surface area contributed by atoms with Gasteiger partial charge in [0.05, 0.1) is 11.6 Å². The van der Waals surface area contributed by atoms with E-state index < -0.39 is 0 Å². The van der Waals surface area contributed by atoms with Gasteiger partial charge >= 0.3 is 0 Å². The van der Waals surface area contributed by atoms with Gasteiger partial charge in [0, 0.05) is 18.8 Å². The molecule has 0 N–H and O–H groups in total. The van der Waals surface area contributed by atoms with Gasteiger partial charge in [0.2, 0.25) is 0 Å². The summed E-state index contributed by atoms with van der Waals surface area (Å²) in [6, 6.07) is 10.4. The summed E-state index contributed by atoms with van der Waals surface area (Å²) >= 11 is 0. The number of anilines is 1. The number of nitriles is 1. The zero-order chi connectivity index (χ0) is 11.3. The second-order valence-electron chi connectivity index (χ2n) is 3.91. The van der Waals surface area contributed by atoms with Gasteiger partial charge in [0.25, 0.3) is 0 Å². The van der Waals surface area contributed by atoms with E-state index in [0.29, 0.717) is 6.04 Å². The lowest BCUT2D eigenvalue weighted by Crippen LogP contribution is -2.28. The molecule has 1 aromatic rings. The molecule has 0 aliphatic heterocycles. The van der Waals surface area contributed by atoms with E-state index in [1.54, 1.807) is 0 Å². The molecule has 0 fully saturated rings. The Morgan fingerprint density at radius 1 is 1.33 bits per heavy atom. The summed E-state index contributed by atoms with van der Waals surface area (Å²) in [5, 5.41) is 8.70. The fourth-order valence-corrected chi connectivity index (χ4v) is 1.64. The topological polar surface area (TPSA) is 27.0 Å². The number of hydrogen-bond acceptors (Lipinski definition) is 2. The Hall–Kier alpha value is -1.49. The molecule has 0 amide bonds. The van der Waals surface area contributed by atoms with E-state index in [0.717, 1.165) is 5.56 Å². The molecule has 2 nitrogen and oxygen atoms in total. The monoisotopic (exact) mass is 202 g/mol. The zero-order valence-electron chi connectivity index (χ0n) is 9.70. The van der Waals surface area contributed by atoms with Gasteiger partial charge < -0.3 is 4.90 Å². The highest BCUT2D eigenvalue weighted by molar-refractivity contribution is 5.49. The predicted molar refractivity (Wildman–Crippen MR) is 63.9 cm³/mol. The third-order valence-electron chi connectivity index (χ3n) is 2.77. The number of hydrogen-bond donors (Lipinski definition) is 0. The van der Waals surface area contributed by atoms with Crippen LogP contribution >= 0.6 is 0 Å². The van der Waals surface area contributed by atoms with Gasteiger partial charge in [-0.3, -0.25) is 0 Å². The first-order valence-electron chi connectivity index (χ1n) is 5.42. The van der Waals surface area contributed by atoms with Crippen LogP contribution in [0.3, 0.4) is 0 Å². The van der Waals surface area contributed by atoms with Gasteiger partial charge in [-0.2, -0.15) is 5.26 Å². The lowest BCUT2D eigenvalue weighted by molar-refractivity contribution is 0.616. The molecule has 80 valence electrons. The van der Waals surface area contributed by atoms with Crippen LogP contribution in [0.4, 0.5) is 5.69 Å². The zero-order valence-corrected chi connectivity index (χ0v) is 9.70. The van der Waals surface area contributed by atoms with Crippen LogP contribution < -0.4 is 4.90 Å². The molecule has 1 aromatic carbocycles. The first kappa shape index (κ1) is 11.6. The second-order valence-corrected chi connectivity index (χ2v) is 3.91. The summed E-state index contributed by atoms with van der Waals surface area (Å²) in [5.41, 5.74) is 1.89. The Balaban J connectivity index is 2.74. The Labute approximate surface area is 92.1 Å². The SMILES string of the molecule is CCCC(C)N(C)c1ccc(C#N)cc1. The van der Waals surface area contributed by atoms with E-state index in [1.165, 1.54) is 18.5 Å². The Bertz CT molecular complexity index is 335. The smallest absolute Gasteiger partial charge is 0.0991 e. The fraction of sp³-hybridized carbons (Fsp3) is 0.462. The first-order chi connectivity index (χ1) is 7.19. The third-order valence-corrected chi connectivity index (χ3v) is 2.77. The van der Waals surface area contributed by atoms with E-state index in [9.17, 15) is 0 Å². The van der Waals surface area contributed by atoms with Crippen molar-refractivity contribution < 1.29 is 0 Å². The van der Waals surface area contributed by atoms with Gasteiger partial charge in [-0.1, -0.05) is 13.3 Å². The summed E-state index contributed by atoms with van der Waals surface area (Å²) in [6.45, 7) is 4.42. The van der Waals surface area contributed by atoms with Crippen molar-refractivity contribution in [3.8, 4) is 6.07 Å². The minimum atomic E-state index is 0.544. The largest absolute Gasteiger partial charge is 0.372 e. The first-order valence-corrected chi connectivity index (χ1v) is 5.42. The van der Waals surface area contributed by atoms with Crippen molar-refractivity contribution in [1.29, 1.82) is 5.26 Å². The summed E-state index contributed by atoms with van der Waals surface area (Å²) in [5.74, 6) is 0. The molecule has 2 heteroatoms. The van der Waals surface area contributed by atoms with Gasteiger partial charge in [-0.05, 0) is 37.6 Å². The maximum absolute atomic E-state index is 8.70. The maximum Gasteiger partial charge on any atom is 0.0991 e. The lowest BCUT2D eigenvalue weighted by atomic mass is 10.1. The number of benzene rings is 1. The molecule has 0 heterocycles. The van der Waals surface area contributed by atoms with E-state index in [4.69, 9.17) is 5.26 Å². The van der Waals surface area contributed by atoms with E-state index in [1.807, 2.05) is 24.3 Å². The maximum atomic E-state index is 8.70. The van der Waals surface area contributed by atoms with Crippen molar-refractivity contribution in [3.05, 3.63) is 29.8 Å². The third kappa shape index (κ3) is 2.99. The lowest BCUT2D eigenvalue weighted by Gasteiger charge is -2.26. The molecule has 0 aliphatic carbocycles. The normalized spacial score (nSPS) is 11.9. The number of nitrogens with zero attached hydrogens (tertiary/aromatic N) is 2. The predicted octanol–water partition coefficient (Wildman–Crippen LogP) is 3.18. The highest BCUT2D eigenvalue weighted by Crippen LogP contribution is 2.17. The summed E-state index contributed by atoms with van der Waals surface area (Å²) < 4.78 is 0. The molecule has 15 heavy (non-hydrogen) atoms. The second kappa shape index (κ2) is 5.41. The van der Waals surface area contributed by atoms with Crippen LogP contribution in [0, 0.1) is 11.3 Å². The number of rotatable bonds is 4. The van der Waals surface area contributed by atoms with Gasteiger partial charge in [-0.15, -0.1) is 0 Å². The highest BCUT2D eigenvalue weighted by atomic mass is 15.1. The molecule has 0 aliphatic rings. The van der Waals surface area contributed by atoms with E-state index in [-0.39, 0.29) is 0 Å². The average Bonchev–Trinajstić information content (AvgIpc) is 2.28. The molecule has 1 unspecified atom stereocenters. The highest BCUT2D eigenvalue weighted by Gasteiger charge is 2.08. The van der Waals surface area contributed by atoms with Crippen molar-refractivity contribution in [2.75, 3.05) is 11.9 Å². The molecule has 1 rings (SSSR count). The quantitative estimate of drug-likeness (QED) is 0.749. The van der Waals surface area contributed by atoms with Gasteiger partial charge in [-0.25, -0.2) is 0 Å². The van der Waals surface area contributed by atoms with Gasteiger partial charge in [0.15, 0.2) is 0 Å². The molecule has 0 aromatic heterocycles. The minimum absolute atomic E-state index is 0.544. The average molecular weight is 202 g/mol. The Morgan fingerprint density at radius 2 is 1.93 bits per heavy atom. The fourth-order valence-electron chi connectivity index (χ4n) is 1.64. The summed E-state index contributed by atoms with van der Waals surface area (Å²) in [4.78, 5) is 2.25. The standard InChI is InChI=1S/C13H18N2/c1-4-5-11(2)15(3)13-8-6-12(10-14)7-9-13/h6-9,11H,4-5H2,1-3H3. The van der Waals surface area contributed by atoms with Crippen molar-refractivity contribution in [2.24, 2.45) is 0 Å². The molecule has 0 saturated heterocycles. The molecule has 0 radical (unpaired) electrons. The van der Waals surface area contributed by atoms with Crippen molar-refractivity contribution in [3.63, 3.8) is 0 Å². The molecular formula is C13H18N2. The molecular weight excluding hydrogens is 184 g/mol. The van der Waals surface area contributed by atoms with Crippen molar-refractivity contribution >= 4 is 5.69 Å². The molecule has 0 bridgehead atoms. The summed E-state index contributed by atoms with van der Waals surface area (Å²) in [6.07, 6.45) is 2.39. The van der Waals surface area contributed by atoms with E-state index >= 15 is 0 Å². The van der Waals surface area contributed by atoms with Crippen LogP contribution in [0.15, 0.2) is 24.3 Å². The van der Waals surface area contributed by atoms with Crippen LogP contribution in [0.25, 0.3) is 0 Å². The van der Waals surface area contributed by atoms with Crippen molar-refractivity contribution in [1.82, 2.24) is 0 Å². The van der Waals surface area contributed by atoms with Crippen LogP contribution in [-0.4, -0.2) is 13.1 Å². The molecule has 1 atom stereocenters. The minimum Gasteiger partial charge on any atom is -0.372 e. The Morgan fingerprint density at radius 3 is 2.40 bits per heavy atom. The van der Waals surface area contributed by atoms with Crippen LogP contribution in [0.2, 0.25) is 0 Å². The molecule has 0 spiro atoms. The summed E-state index contributed by atoms with van der Waals surface area (Å²) in [7, 11) is 2.10. The van der Waals surface area contributed by atoms with Gasteiger partial charge in [0.1, 0.15) is 0 Å². The molecule has 0 saturated carbocycles. The van der Waals surface area contributed by atoms with Crippen LogP contribution in [0.1, 0.15) is 32.3 Å². The van der Waals surface area contributed by atoms with Crippen molar-refractivity contribution in [2.45, 2.75) is 32.7 Å². The Kier molecular flexibility index (Phi) is 4.17.